The van der Waals surface area contributed by atoms with Crippen LogP contribution < -0.4 is 5.32 Å². The van der Waals surface area contributed by atoms with Gasteiger partial charge in [0.25, 0.3) is 0 Å². The van der Waals surface area contributed by atoms with Gasteiger partial charge in [0.05, 0.1) is 17.7 Å². The SMILES string of the molecule is N#CC(C#N)=C1NCCCC1C#N. The summed E-state index contributed by atoms with van der Waals surface area (Å²) in [6.07, 6.45) is 1.64. The molecular weight excluding hydrogens is 164 g/mol. The lowest BCUT2D eigenvalue weighted by Gasteiger charge is -2.21. The number of nitrogens with one attached hydrogen (secondary N) is 1. The quantitative estimate of drug-likeness (QED) is 0.548. The number of hydrogen-bond donors (Lipinski definition) is 1. The minimum Gasteiger partial charge on any atom is -0.386 e. The Bertz CT molecular complexity index is 331. The lowest BCUT2D eigenvalue weighted by molar-refractivity contribution is 0.513. The molecule has 0 aromatic heterocycles. The molecule has 0 radical (unpaired) electrons. The van der Waals surface area contributed by atoms with Gasteiger partial charge in [-0.3, -0.25) is 0 Å². The minimum absolute atomic E-state index is 0.0336. The van der Waals surface area contributed by atoms with Crippen molar-refractivity contribution in [3.05, 3.63) is 11.3 Å². The van der Waals surface area contributed by atoms with E-state index in [4.69, 9.17) is 15.8 Å². The molecule has 0 bridgehead atoms. The van der Waals surface area contributed by atoms with Crippen LogP contribution in [0.25, 0.3) is 0 Å². The number of nitriles is 3. The molecule has 4 nitrogen and oxygen atoms in total. The fourth-order valence-corrected chi connectivity index (χ4v) is 1.33. The lowest BCUT2D eigenvalue weighted by Crippen LogP contribution is -2.28. The molecule has 1 unspecified atom stereocenters. The van der Waals surface area contributed by atoms with E-state index in [9.17, 15) is 0 Å². The van der Waals surface area contributed by atoms with Gasteiger partial charge < -0.3 is 5.32 Å². The van der Waals surface area contributed by atoms with Crippen LogP contribution in [0.2, 0.25) is 0 Å². The third kappa shape index (κ3) is 1.78. The van der Waals surface area contributed by atoms with Crippen LogP contribution in [0.3, 0.4) is 0 Å². The van der Waals surface area contributed by atoms with Gasteiger partial charge in [0, 0.05) is 6.54 Å². The molecule has 0 amide bonds. The Kier molecular flexibility index (Phi) is 2.90. The fraction of sp³-hybridized carbons (Fsp3) is 0.444. The molecule has 4 heteroatoms. The molecule has 1 N–H and O–H groups in total. The van der Waals surface area contributed by atoms with E-state index in [1.807, 2.05) is 0 Å². The Balaban J connectivity index is 3.02. The predicted molar refractivity (Wildman–Crippen MR) is 44.6 cm³/mol. The maximum absolute atomic E-state index is 8.76. The molecule has 64 valence electrons. The zero-order valence-corrected chi connectivity index (χ0v) is 7.04. The lowest BCUT2D eigenvalue weighted by atomic mass is 9.94. The standard InChI is InChI=1S/C9H8N4/c10-4-7-2-1-3-13-9(7)8(5-11)6-12/h7,13H,1-3H2. The van der Waals surface area contributed by atoms with Crippen LogP contribution in [0.1, 0.15) is 12.8 Å². The summed E-state index contributed by atoms with van der Waals surface area (Å²) in [6.45, 7) is 0.736. The van der Waals surface area contributed by atoms with Crippen LogP contribution in [-0.4, -0.2) is 6.54 Å². The molecule has 0 aliphatic carbocycles. The van der Waals surface area contributed by atoms with Crippen molar-refractivity contribution in [3.63, 3.8) is 0 Å². The number of hydrogen-bond acceptors (Lipinski definition) is 4. The molecule has 1 atom stereocenters. The van der Waals surface area contributed by atoms with Crippen molar-refractivity contribution < 1.29 is 0 Å². The van der Waals surface area contributed by atoms with Gasteiger partial charge in [0.15, 0.2) is 0 Å². The van der Waals surface area contributed by atoms with E-state index in [0.29, 0.717) is 5.70 Å². The van der Waals surface area contributed by atoms with Crippen LogP contribution in [0, 0.1) is 39.9 Å². The highest BCUT2D eigenvalue weighted by Gasteiger charge is 2.21. The summed E-state index contributed by atoms with van der Waals surface area (Å²) in [5.74, 6) is -0.317. The van der Waals surface area contributed by atoms with Crippen molar-refractivity contribution in [3.8, 4) is 18.2 Å². The van der Waals surface area contributed by atoms with Gasteiger partial charge in [-0.25, -0.2) is 0 Å². The first-order valence-corrected chi connectivity index (χ1v) is 4.01. The fourth-order valence-electron chi connectivity index (χ4n) is 1.33. The van der Waals surface area contributed by atoms with Gasteiger partial charge in [0.2, 0.25) is 0 Å². The summed E-state index contributed by atoms with van der Waals surface area (Å²) in [5.41, 5.74) is 0.532. The Labute approximate surface area is 76.7 Å². The summed E-state index contributed by atoms with van der Waals surface area (Å²) in [4.78, 5) is 0. The maximum atomic E-state index is 8.76. The van der Waals surface area contributed by atoms with E-state index >= 15 is 0 Å². The molecule has 0 aromatic carbocycles. The zero-order valence-electron chi connectivity index (χ0n) is 7.04. The molecule has 1 aliphatic rings. The van der Waals surface area contributed by atoms with E-state index in [1.54, 1.807) is 12.1 Å². The first-order chi connectivity index (χ1) is 6.33. The smallest absolute Gasteiger partial charge is 0.149 e. The molecule has 1 aliphatic heterocycles. The minimum atomic E-state index is -0.317. The van der Waals surface area contributed by atoms with Crippen molar-refractivity contribution in [1.82, 2.24) is 5.32 Å². The van der Waals surface area contributed by atoms with Gasteiger partial charge in [-0.1, -0.05) is 0 Å². The van der Waals surface area contributed by atoms with Crippen LogP contribution in [-0.2, 0) is 0 Å². The topological polar surface area (TPSA) is 83.4 Å². The predicted octanol–water partition coefficient (Wildman–Crippen LogP) is 0.811. The van der Waals surface area contributed by atoms with Crippen molar-refractivity contribution in [2.45, 2.75) is 12.8 Å². The third-order valence-electron chi connectivity index (χ3n) is 1.98. The molecule has 0 aromatic rings. The molecule has 0 saturated carbocycles. The van der Waals surface area contributed by atoms with Gasteiger partial charge in [-0.15, -0.1) is 0 Å². The highest BCUT2D eigenvalue weighted by Crippen LogP contribution is 2.21. The monoisotopic (exact) mass is 172 g/mol. The van der Waals surface area contributed by atoms with Gasteiger partial charge in [0.1, 0.15) is 17.7 Å². The second-order valence-corrected chi connectivity index (χ2v) is 2.76. The van der Waals surface area contributed by atoms with Gasteiger partial charge in [-0.2, -0.15) is 15.8 Å². The largest absolute Gasteiger partial charge is 0.386 e. The van der Waals surface area contributed by atoms with E-state index in [1.165, 1.54) is 0 Å². The van der Waals surface area contributed by atoms with Crippen molar-refractivity contribution in [1.29, 1.82) is 15.8 Å². The van der Waals surface area contributed by atoms with Crippen LogP contribution in [0.4, 0.5) is 0 Å². The first kappa shape index (κ1) is 9.10. The number of piperidine rings is 1. The number of rotatable bonds is 0. The van der Waals surface area contributed by atoms with E-state index in [0.717, 1.165) is 19.4 Å². The Hall–Kier alpha value is -1.99. The maximum Gasteiger partial charge on any atom is 0.149 e. The summed E-state index contributed by atoms with van der Waals surface area (Å²) in [5, 5.41) is 28.9. The second-order valence-electron chi connectivity index (χ2n) is 2.76. The highest BCUT2D eigenvalue weighted by molar-refractivity contribution is 5.42. The summed E-state index contributed by atoms with van der Waals surface area (Å²) >= 11 is 0. The molecular formula is C9H8N4. The van der Waals surface area contributed by atoms with Crippen molar-refractivity contribution in [2.24, 2.45) is 5.92 Å². The van der Waals surface area contributed by atoms with Crippen LogP contribution in [0.15, 0.2) is 11.3 Å². The number of nitrogens with zero attached hydrogens (tertiary/aromatic N) is 3. The molecule has 1 saturated heterocycles. The first-order valence-electron chi connectivity index (χ1n) is 4.01. The molecule has 1 heterocycles. The van der Waals surface area contributed by atoms with Gasteiger partial charge in [-0.05, 0) is 12.8 Å². The molecule has 0 spiro atoms. The third-order valence-corrected chi connectivity index (χ3v) is 1.98. The Morgan fingerprint density at radius 3 is 2.54 bits per heavy atom. The molecule has 1 rings (SSSR count). The average molecular weight is 172 g/mol. The van der Waals surface area contributed by atoms with Gasteiger partial charge >= 0.3 is 0 Å². The highest BCUT2D eigenvalue weighted by atomic mass is 14.9. The molecule has 13 heavy (non-hydrogen) atoms. The normalized spacial score (nSPS) is 20.4. The van der Waals surface area contributed by atoms with Crippen LogP contribution in [0.5, 0.6) is 0 Å². The number of allylic oxidation sites excluding steroid dienone is 2. The summed E-state index contributed by atoms with van der Waals surface area (Å²) in [6, 6.07) is 5.66. The average Bonchev–Trinajstić information content (AvgIpc) is 2.20. The Morgan fingerprint density at radius 2 is 2.00 bits per heavy atom. The van der Waals surface area contributed by atoms with Crippen molar-refractivity contribution in [2.75, 3.05) is 6.54 Å². The molecule has 1 fully saturated rings. The second kappa shape index (κ2) is 4.14. The van der Waals surface area contributed by atoms with Crippen LogP contribution >= 0.6 is 0 Å². The van der Waals surface area contributed by atoms with E-state index in [2.05, 4.69) is 11.4 Å². The zero-order chi connectivity index (χ0) is 9.68. The summed E-state index contributed by atoms with van der Waals surface area (Å²) < 4.78 is 0. The van der Waals surface area contributed by atoms with E-state index in [-0.39, 0.29) is 11.5 Å². The summed E-state index contributed by atoms with van der Waals surface area (Å²) in [7, 11) is 0. The van der Waals surface area contributed by atoms with Crippen molar-refractivity contribution >= 4 is 0 Å². The van der Waals surface area contributed by atoms with E-state index < -0.39 is 0 Å². The Morgan fingerprint density at radius 1 is 1.31 bits per heavy atom.